The highest BCUT2D eigenvalue weighted by Crippen LogP contribution is 2.37. The molecule has 1 aliphatic rings. The van der Waals surface area contributed by atoms with Gasteiger partial charge in [-0.2, -0.15) is 11.3 Å². The second kappa shape index (κ2) is 5.33. The van der Waals surface area contributed by atoms with Crippen molar-refractivity contribution in [3.63, 3.8) is 0 Å². The molecule has 0 aromatic carbocycles. The van der Waals surface area contributed by atoms with Crippen molar-refractivity contribution in [2.24, 2.45) is 0 Å². The summed E-state index contributed by atoms with van der Waals surface area (Å²) < 4.78 is 29.0. The highest BCUT2D eigenvalue weighted by Gasteiger charge is 2.27. The van der Waals surface area contributed by atoms with E-state index in [2.05, 4.69) is 4.72 Å². The maximum absolute atomic E-state index is 12.2. The summed E-state index contributed by atoms with van der Waals surface area (Å²) in [5, 5.41) is 13.1. The second-order valence-electron chi connectivity index (χ2n) is 4.92. The van der Waals surface area contributed by atoms with Gasteiger partial charge in [0.25, 0.3) is 0 Å². The molecular formula is C13H16N2O3S2. The van der Waals surface area contributed by atoms with Crippen LogP contribution in [0.3, 0.4) is 0 Å². The van der Waals surface area contributed by atoms with Gasteiger partial charge < -0.3 is 9.67 Å². The summed E-state index contributed by atoms with van der Waals surface area (Å²) in [6.45, 7) is 0.144. The van der Waals surface area contributed by atoms with Crippen LogP contribution in [0.5, 0.6) is 0 Å². The minimum absolute atomic E-state index is 0.142. The second-order valence-corrected chi connectivity index (χ2v) is 7.47. The quantitative estimate of drug-likeness (QED) is 0.855. The molecule has 108 valence electrons. The largest absolute Gasteiger partial charge is 0.390 e. The first-order valence-electron chi connectivity index (χ1n) is 6.42. The third-order valence-corrected chi connectivity index (χ3v) is 5.47. The molecule has 20 heavy (non-hydrogen) atoms. The number of nitrogens with zero attached hydrogens (tertiary/aromatic N) is 1. The van der Waals surface area contributed by atoms with Gasteiger partial charge in [-0.05, 0) is 41.3 Å². The van der Waals surface area contributed by atoms with Crippen LogP contribution < -0.4 is 4.72 Å². The van der Waals surface area contributed by atoms with Gasteiger partial charge in [0.15, 0.2) is 0 Å². The zero-order chi connectivity index (χ0) is 14.2. The number of sulfonamides is 1. The van der Waals surface area contributed by atoms with Gasteiger partial charge in [0.05, 0.1) is 11.5 Å². The average molecular weight is 312 g/mol. The predicted molar refractivity (Wildman–Crippen MR) is 77.0 cm³/mol. The number of aliphatic hydroxyl groups excluding tert-OH is 1. The van der Waals surface area contributed by atoms with Crippen LogP contribution in [0.2, 0.25) is 0 Å². The first kappa shape index (κ1) is 13.8. The molecule has 0 bridgehead atoms. The SMILES string of the molecule is O=S(=O)(NCc1ccsc1)c1cc(CO)n(C2CC2)c1. The lowest BCUT2D eigenvalue weighted by atomic mass is 10.4. The first-order valence-corrected chi connectivity index (χ1v) is 8.85. The van der Waals surface area contributed by atoms with Crippen molar-refractivity contribution in [1.82, 2.24) is 9.29 Å². The summed E-state index contributed by atoms with van der Waals surface area (Å²) in [7, 11) is -3.53. The predicted octanol–water partition coefficient (Wildman–Crippen LogP) is 1.86. The molecule has 1 saturated carbocycles. The summed E-state index contributed by atoms with van der Waals surface area (Å²) in [5.41, 5.74) is 1.60. The molecule has 2 aromatic rings. The number of aliphatic hydroxyl groups is 1. The Morgan fingerprint density at radius 3 is 2.85 bits per heavy atom. The van der Waals surface area contributed by atoms with E-state index in [9.17, 15) is 13.5 Å². The molecule has 2 aromatic heterocycles. The lowest BCUT2D eigenvalue weighted by molar-refractivity contribution is 0.270. The smallest absolute Gasteiger partial charge is 0.242 e. The van der Waals surface area contributed by atoms with Gasteiger partial charge in [-0.15, -0.1) is 0 Å². The summed E-state index contributed by atoms with van der Waals surface area (Å²) in [6.07, 6.45) is 3.71. The molecule has 0 spiro atoms. The molecule has 2 N–H and O–H groups in total. The third kappa shape index (κ3) is 2.80. The van der Waals surface area contributed by atoms with E-state index in [1.165, 1.54) is 11.3 Å². The standard InChI is InChI=1S/C13H16N2O3S2/c16-8-12-5-13(7-15(12)11-1-2-11)20(17,18)14-6-10-3-4-19-9-10/h3-5,7,9,11,14,16H,1-2,6,8H2. The summed E-state index contributed by atoms with van der Waals surface area (Å²) in [6, 6.07) is 3.79. The fourth-order valence-electron chi connectivity index (χ4n) is 2.12. The maximum Gasteiger partial charge on any atom is 0.242 e. The molecule has 1 aliphatic carbocycles. The van der Waals surface area contributed by atoms with Crippen molar-refractivity contribution in [2.45, 2.75) is 36.9 Å². The van der Waals surface area contributed by atoms with Crippen molar-refractivity contribution < 1.29 is 13.5 Å². The molecule has 0 unspecified atom stereocenters. The molecule has 7 heteroatoms. The van der Waals surface area contributed by atoms with Crippen molar-refractivity contribution in [1.29, 1.82) is 0 Å². The van der Waals surface area contributed by atoms with Crippen LogP contribution in [-0.4, -0.2) is 18.1 Å². The van der Waals surface area contributed by atoms with Crippen LogP contribution in [0.1, 0.15) is 30.1 Å². The molecular weight excluding hydrogens is 296 g/mol. The van der Waals surface area contributed by atoms with E-state index in [0.717, 1.165) is 18.4 Å². The zero-order valence-electron chi connectivity index (χ0n) is 10.8. The molecule has 0 amide bonds. The van der Waals surface area contributed by atoms with Crippen LogP contribution >= 0.6 is 11.3 Å². The van der Waals surface area contributed by atoms with E-state index in [1.807, 2.05) is 21.4 Å². The Bertz CT molecular complexity index is 685. The topological polar surface area (TPSA) is 71.3 Å². The van der Waals surface area contributed by atoms with E-state index >= 15 is 0 Å². The Labute approximate surface area is 121 Å². The number of rotatable bonds is 6. The van der Waals surface area contributed by atoms with Gasteiger partial charge >= 0.3 is 0 Å². The van der Waals surface area contributed by atoms with Crippen LogP contribution in [-0.2, 0) is 23.2 Å². The minimum atomic E-state index is -3.53. The molecule has 3 rings (SSSR count). The van der Waals surface area contributed by atoms with Gasteiger partial charge in [0.1, 0.15) is 0 Å². The van der Waals surface area contributed by atoms with Gasteiger partial charge in [-0.25, -0.2) is 13.1 Å². The van der Waals surface area contributed by atoms with Gasteiger partial charge in [-0.3, -0.25) is 0 Å². The van der Waals surface area contributed by atoms with E-state index < -0.39 is 10.0 Å². The Morgan fingerprint density at radius 2 is 2.25 bits per heavy atom. The summed E-state index contributed by atoms with van der Waals surface area (Å²) in [5.74, 6) is 0. The van der Waals surface area contributed by atoms with Gasteiger partial charge in [0, 0.05) is 24.5 Å². The van der Waals surface area contributed by atoms with E-state index in [0.29, 0.717) is 11.7 Å². The van der Waals surface area contributed by atoms with Crippen molar-refractivity contribution >= 4 is 21.4 Å². The fourth-order valence-corrected chi connectivity index (χ4v) is 3.85. The third-order valence-electron chi connectivity index (χ3n) is 3.37. The van der Waals surface area contributed by atoms with Gasteiger partial charge in [0.2, 0.25) is 10.0 Å². The van der Waals surface area contributed by atoms with Crippen molar-refractivity contribution in [2.75, 3.05) is 0 Å². The monoisotopic (exact) mass is 312 g/mol. The van der Waals surface area contributed by atoms with Crippen molar-refractivity contribution in [3.8, 4) is 0 Å². The van der Waals surface area contributed by atoms with Crippen LogP contribution in [0.15, 0.2) is 34.0 Å². The number of thiophene rings is 1. The molecule has 2 heterocycles. The zero-order valence-corrected chi connectivity index (χ0v) is 12.5. The van der Waals surface area contributed by atoms with Crippen molar-refractivity contribution in [3.05, 3.63) is 40.3 Å². The molecule has 5 nitrogen and oxygen atoms in total. The highest BCUT2D eigenvalue weighted by atomic mass is 32.2. The Morgan fingerprint density at radius 1 is 1.45 bits per heavy atom. The van der Waals surface area contributed by atoms with Crippen LogP contribution in [0, 0.1) is 0 Å². The number of aromatic nitrogens is 1. The minimum Gasteiger partial charge on any atom is -0.390 e. The Balaban J connectivity index is 1.79. The normalized spacial score (nSPS) is 15.7. The van der Waals surface area contributed by atoms with Gasteiger partial charge in [-0.1, -0.05) is 0 Å². The molecule has 0 atom stereocenters. The van der Waals surface area contributed by atoms with Crippen LogP contribution in [0.4, 0.5) is 0 Å². The Hall–Kier alpha value is -1.15. The summed E-state index contributed by atoms with van der Waals surface area (Å²) >= 11 is 1.54. The average Bonchev–Trinajstić information content (AvgIpc) is 2.98. The number of hydrogen-bond acceptors (Lipinski definition) is 4. The molecule has 0 radical (unpaired) electrons. The lowest BCUT2D eigenvalue weighted by Crippen LogP contribution is -2.22. The van der Waals surface area contributed by atoms with Crippen LogP contribution in [0.25, 0.3) is 0 Å². The first-order chi connectivity index (χ1) is 9.60. The fraction of sp³-hybridized carbons (Fsp3) is 0.385. The highest BCUT2D eigenvalue weighted by molar-refractivity contribution is 7.89. The number of nitrogens with one attached hydrogen (secondary N) is 1. The lowest BCUT2D eigenvalue weighted by Gasteiger charge is -2.04. The molecule has 1 fully saturated rings. The molecule has 0 saturated heterocycles. The summed E-state index contributed by atoms with van der Waals surface area (Å²) in [4.78, 5) is 0.226. The Kier molecular flexibility index (Phi) is 3.68. The number of hydrogen-bond donors (Lipinski definition) is 2. The maximum atomic E-state index is 12.2. The van der Waals surface area contributed by atoms with E-state index in [1.54, 1.807) is 12.3 Å². The van der Waals surface area contributed by atoms with E-state index in [-0.39, 0.29) is 18.0 Å². The molecule has 0 aliphatic heterocycles. The van der Waals surface area contributed by atoms with E-state index in [4.69, 9.17) is 0 Å².